The van der Waals surface area contributed by atoms with Gasteiger partial charge in [0, 0.05) is 40.0 Å². The lowest BCUT2D eigenvalue weighted by atomic mass is 10.3. The molecule has 0 amide bonds. The monoisotopic (exact) mass is 204 g/mol. The molecular formula is C10H24N2O2. The van der Waals surface area contributed by atoms with E-state index in [1.165, 1.54) is 0 Å². The van der Waals surface area contributed by atoms with Crippen molar-refractivity contribution in [1.82, 2.24) is 4.90 Å². The molecule has 0 bridgehead atoms. The first kappa shape index (κ1) is 13.8. The van der Waals surface area contributed by atoms with Crippen LogP contribution in [0, 0.1) is 0 Å². The van der Waals surface area contributed by atoms with Crippen molar-refractivity contribution < 1.29 is 9.47 Å². The second kappa shape index (κ2) is 9.40. The van der Waals surface area contributed by atoms with Crippen LogP contribution in [0.1, 0.15) is 13.3 Å². The van der Waals surface area contributed by atoms with Crippen LogP contribution in [0.25, 0.3) is 0 Å². The lowest BCUT2D eigenvalue weighted by Crippen LogP contribution is -2.37. The van der Waals surface area contributed by atoms with Crippen molar-refractivity contribution in [3.8, 4) is 0 Å². The lowest BCUT2D eigenvalue weighted by molar-refractivity contribution is 0.0435. The van der Waals surface area contributed by atoms with E-state index in [-0.39, 0.29) is 6.10 Å². The van der Waals surface area contributed by atoms with E-state index >= 15 is 0 Å². The third kappa shape index (κ3) is 7.26. The average molecular weight is 204 g/mol. The molecule has 14 heavy (non-hydrogen) atoms. The molecule has 0 heterocycles. The number of nitrogens with two attached hydrogens (primary N) is 1. The maximum absolute atomic E-state index is 5.59. The highest BCUT2D eigenvalue weighted by atomic mass is 16.5. The number of nitrogens with zero attached hydrogens (tertiary/aromatic N) is 1. The van der Waals surface area contributed by atoms with Crippen LogP contribution in [-0.4, -0.2) is 58.0 Å². The van der Waals surface area contributed by atoms with E-state index in [1.807, 2.05) is 6.92 Å². The highest BCUT2D eigenvalue weighted by molar-refractivity contribution is 4.63. The molecule has 0 saturated heterocycles. The highest BCUT2D eigenvalue weighted by Crippen LogP contribution is 1.95. The van der Waals surface area contributed by atoms with Crippen LogP contribution in [0.3, 0.4) is 0 Å². The summed E-state index contributed by atoms with van der Waals surface area (Å²) in [6.07, 6.45) is 1.21. The second-order valence-corrected chi connectivity index (χ2v) is 3.42. The fourth-order valence-corrected chi connectivity index (χ4v) is 1.35. The van der Waals surface area contributed by atoms with Gasteiger partial charge in [0.25, 0.3) is 0 Å². The van der Waals surface area contributed by atoms with Crippen LogP contribution in [0.2, 0.25) is 0 Å². The minimum absolute atomic E-state index is 0.160. The van der Waals surface area contributed by atoms with E-state index in [9.17, 15) is 0 Å². The Morgan fingerprint density at radius 1 is 1.43 bits per heavy atom. The van der Waals surface area contributed by atoms with Gasteiger partial charge in [-0.15, -0.1) is 0 Å². The van der Waals surface area contributed by atoms with Crippen LogP contribution in [-0.2, 0) is 9.47 Å². The maximum Gasteiger partial charge on any atom is 0.0823 e. The van der Waals surface area contributed by atoms with Crippen molar-refractivity contribution in [2.75, 3.05) is 47.0 Å². The van der Waals surface area contributed by atoms with E-state index in [0.29, 0.717) is 6.54 Å². The van der Waals surface area contributed by atoms with Gasteiger partial charge in [-0.05, 0) is 20.4 Å². The van der Waals surface area contributed by atoms with Crippen LogP contribution < -0.4 is 5.73 Å². The third-order valence-corrected chi connectivity index (χ3v) is 2.07. The number of hydrogen-bond donors (Lipinski definition) is 1. The molecule has 0 aliphatic carbocycles. The first-order chi connectivity index (χ1) is 6.74. The van der Waals surface area contributed by atoms with Crippen molar-refractivity contribution in [1.29, 1.82) is 0 Å². The Morgan fingerprint density at radius 3 is 2.64 bits per heavy atom. The molecule has 0 aromatic carbocycles. The zero-order valence-electron chi connectivity index (χ0n) is 9.66. The maximum atomic E-state index is 5.59. The second-order valence-electron chi connectivity index (χ2n) is 3.42. The molecule has 0 radical (unpaired) electrons. The Labute approximate surface area is 87.4 Å². The molecule has 0 aromatic heterocycles. The normalized spacial score (nSPS) is 13.5. The summed E-state index contributed by atoms with van der Waals surface area (Å²) in [4.78, 5) is 2.23. The molecule has 0 saturated carbocycles. The summed E-state index contributed by atoms with van der Waals surface area (Å²) in [5, 5.41) is 0. The molecule has 0 fully saturated rings. The van der Waals surface area contributed by atoms with E-state index in [2.05, 4.69) is 11.9 Å². The third-order valence-electron chi connectivity index (χ3n) is 2.07. The highest BCUT2D eigenvalue weighted by Gasteiger charge is 2.08. The molecule has 0 aromatic rings. The molecule has 4 nitrogen and oxygen atoms in total. The zero-order valence-corrected chi connectivity index (χ0v) is 9.66. The molecule has 4 heteroatoms. The largest absolute Gasteiger partial charge is 0.385 e. The Balaban J connectivity index is 3.51. The van der Waals surface area contributed by atoms with Crippen LogP contribution in [0.5, 0.6) is 0 Å². The summed E-state index contributed by atoms with van der Waals surface area (Å²) in [5.74, 6) is 0. The molecule has 0 aliphatic rings. The first-order valence-electron chi connectivity index (χ1n) is 5.23. The molecule has 0 aliphatic heterocycles. The summed E-state index contributed by atoms with van der Waals surface area (Å²) >= 11 is 0. The molecular weight excluding hydrogens is 180 g/mol. The molecule has 0 rings (SSSR count). The van der Waals surface area contributed by atoms with Gasteiger partial charge in [-0.1, -0.05) is 0 Å². The minimum Gasteiger partial charge on any atom is -0.385 e. The van der Waals surface area contributed by atoms with Gasteiger partial charge in [0.15, 0.2) is 0 Å². The summed E-state index contributed by atoms with van der Waals surface area (Å²) in [5.41, 5.74) is 5.59. The predicted octanol–water partition coefficient (Wildman–Crippen LogP) is 0.319. The van der Waals surface area contributed by atoms with Crippen molar-refractivity contribution in [3.05, 3.63) is 0 Å². The fourth-order valence-electron chi connectivity index (χ4n) is 1.35. The summed E-state index contributed by atoms with van der Waals surface area (Å²) in [6, 6.07) is 0. The van der Waals surface area contributed by atoms with Gasteiger partial charge in [0.1, 0.15) is 0 Å². The van der Waals surface area contributed by atoms with Gasteiger partial charge in [0.05, 0.1) is 6.10 Å². The lowest BCUT2D eigenvalue weighted by Gasteiger charge is -2.22. The van der Waals surface area contributed by atoms with E-state index in [4.69, 9.17) is 15.2 Å². The van der Waals surface area contributed by atoms with Crippen LogP contribution in [0.15, 0.2) is 0 Å². The van der Waals surface area contributed by atoms with Crippen molar-refractivity contribution >= 4 is 0 Å². The van der Waals surface area contributed by atoms with Gasteiger partial charge in [-0.25, -0.2) is 0 Å². The van der Waals surface area contributed by atoms with Gasteiger partial charge in [-0.3, -0.25) is 0 Å². The van der Waals surface area contributed by atoms with Crippen LogP contribution in [0.4, 0.5) is 0 Å². The smallest absolute Gasteiger partial charge is 0.0823 e. The summed E-state index contributed by atoms with van der Waals surface area (Å²) < 4.78 is 10.5. The molecule has 1 unspecified atom stereocenters. The molecule has 1 atom stereocenters. The molecule has 2 N–H and O–H groups in total. The summed E-state index contributed by atoms with van der Waals surface area (Å²) in [6.45, 7) is 6.04. The van der Waals surface area contributed by atoms with Gasteiger partial charge >= 0.3 is 0 Å². The van der Waals surface area contributed by atoms with Crippen molar-refractivity contribution in [3.63, 3.8) is 0 Å². The van der Waals surface area contributed by atoms with E-state index < -0.39 is 0 Å². The summed E-state index contributed by atoms with van der Waals surface area (Å²) in [7, 11) is 3.81. The number of hydrogen-bond acceptors (Lipinski definition) is 4. The van der Waals surface area contributed by atoms with Crippen molar-refractivity contribution in [2.45, 2.75) is 19.4 Å². The Hall–Kier alpha value is -0.160. The average Bonchev–Trinajstić information content (AvgIpc) is 2.17. The fraction of sp³-hybridized carbons (Fsp3) is 1.00. The van der Waals surface area contributed by atoms with Crippen LogP contribution >= 0.6 is 0 Å². The minimum atomic E-state index is 0.160. The zero-order chi connectivity index (χ0) is 10.8. The predicted molar refractivity (Wildman–Crippen MR) is 58.5 cm³/mol. The first-order valence-corrected chi connectivity index (χ1v) is 5.23. The van der Waals surface area contributed by atoms with E-state index in [0.717, 1.165) is 32.7 Å². The van der Waals surface area contributed by atoms with E-state index in [1.54, 1.807) is 7.11 Å². The molecule has 86 valence electrons. The topological polar surface area (TPSA) is 47.7 Å². The number of rotatable bonds is 9. The number of methoxy groups -OCH3 is 1. The number of ether oxygens (including phenoxy) is 2. The molecule has 0 spiro atoms. The Morgan fingerprint density at radius 2 is 2.14 bits per heavy atom. The van der Waals surface area contributed by atoms with Gasteiger partial charge < -0.3 is 20.1 Å². The quantitative estimate of drug-likeness (QED) is 0.549. The Bertz CT molecular complexity index is 123. The van der Waals surface area contributed by atoms with Crippen molar-refractivity contribution in [2.24, 2.45) is 5.73 Å². The SMILES string of the molecule is CCOC(CN)CN(C)CCCOC. The number of likely N-dealkylation sites (N-methyl/N-ethyl adjacent to an activating group) is 1. The Kier molecular flexibility index (Phi) is 9.29. The van der Waals surface area contributed by atoms with Gasteiger partial charge in [-0.2, -0.15) is 0 Å². The standard InChI is InChI=1S/C10H24N2O2/c1-4-14-10(8-11)9-12(2)6-5-7-13-3/h10H,4-9,11H2,1-3H3. The van der Waals surface area contributed by atoms with Gasteiger partial charge in [0.2, 0.25) is 0 Å².